The molecule has 1 aliphatic carbocycles. The van der Waals surface area contributed by atoms with Gasteiger partial charge in [0.05, 0.1) is 25.4 Å². The monoisotopic (exact) mass is 357 g/mol. The molecular weight excluding hydrogens is 334 g/mol. The highest BCUT2D eigenvalue weighted by atomic mass is 32.1. The van der Waals surface area contributed by atoms with Crippen molar-refractivity contribution in [1.29, 1.82) is 5.26 Å². The maximum Gasteiger partial charge on any atom is 0.235 e. The number of hydrogen-bond acceptors (Lipinski definition) is 5. The van der Waals surface area contributed by atoms with Crippen LogP contribution in [-0.2, 0) is 17.9 Å². The molecule has 0 aromatic carbocycles. The van der Waals surface area contributed by atoms with Gasteiger partial charge in [-0.15, -0.1) is 11.3 Å². The minimum Gasteiger partial charge on any atom is -0.468 e. The molecule has 0 spiro atoms. The standard InChI is InChI=1S/C19H23N3O2S/c1-14-5-8-17(25-14)11-22(10-16-4-3-9-24-16)12-18(23)21-19(2,13-20)15-6-7-15/h3-5,8-9,15H,6-7,10-12H2,1-2H3,(H,21,23). The summed E-state index contributed by atoms with van der Waals surface area (Å²) in [6, 6.07) is 10.2. The van der Waals surface area contributed by atoms with Crippen LogP contribution in [0, 0.1) is 24.2 Å². The van der Waals surface area contributed by atoms with Gasteiger partial charge in [0.2, 0.25) is 5.91 Å². The Morgan fingerprint density at radius 1 is 1.44 bits per heavy atom. The molecule has 0 aliphatic heterocycles. The van der Waals surface area contributed by atoms with Crippen LogP contribution in [0.2, 0.25) is 0 Å². The van der Waals surface area contributed by atoms with Gasteiger partial charge in [-0.1, -0.05) is 0 Å². The summed E-state index contributed by atoms with van der Waals surface area (Å²) < 4.78 is 5.44. The first-order valence-electron chi connectivity index (χ1n) is 8.51. The van der Waals surface area contributed by atoms with Crippen LogP contribution >= 0.6 is 11.3 Å². The number of nitriles is 1. The Morgan fingerprint density at radius 3 is 2.80 bits per heavy atom. The second-order valence-electron chi connectivity index (χ2n) is 6.87. The van der Waals surface area contributed by atoms with E-state index in [4.69, 9.17) is 4.42 Å². The number of thiophene rings is 1. The van der Waals surface area contributed by atoms with E-state index in [1.807, 2.05) is 24.0 Å². The quantitative estimate of drug-likeness (QED) is 0.785. The van der Waals surface area contributed by atoms with Crippen LogP contribution in [0.1, 0.15) is 35.3 Å². The molecule has 3 rings (SSSR count). The zero-order valence-corrected chi connectivity index (χ0v) is 15.4. The summed E-state index contributed by atoms with van der Waals surface area (Å²) in [6.45, 7) is 5.37. The number of nitrogens with zero attached hydrogens (tertiary/aromatic N) is 2. The van der Waals surface area contributed by atoms with Gasteiger partial charge in [-0.2, -0.15) is 5.26 Å². The Labute approximate surface area is 152 Å². The number of carbonyl (C=O) groups excluding carboxylic acids is 1. The molecule has 1 atom stereocenters. The van der Waals surface area contributed by atoms with Gasteiger partial charge in [0.25, 0.3) is 0 Å². The summed E-state index contributed by atoms with van der Waals surface area (Å²) in [6.07, 6.45) is 3.66. The van der Waals surface area contributed by atoms with E-state index in [1.165, 1.54) is 9.75 Å². The molecule has 5 nitrogen and oxygen atoms in total. The first-order chi connectivity index (χ1) is 12.0. The van der Waals surface area contributed by atoms with Crippen LogP contribution in [-0.4, -0.2) is 22.9 Å². The average Bonchev–Trinajstić information content (AvgIpc) is 3.18. The Morgan fingerprint density at radius 2 is 2.24 bits per heavy atom. The van der Waals surface area contributed by atoms with E-state index >= 15 is 0 Å². The zero-order chi connectivity index (χ0) is 17.9. The second kappa shape index (κ2) is 7.42. The molecule has 0 saturated heterocycles. The van der Waals surface area contributed by atoms with Crippen molar-refractivity contribution in [2.24, 2.45) is 5.92 Å². The molecule has 0 bridgehead atoms. The van der Waals surface area contributed by atoms with E-state index in [1.54, 1.807) is 17.6 Å². The largest absolute Gasteiger partial charge is 0.468 e. The fourth-order valence-electron chi connectivity index (χ4n) is 3.00. The molecule has 1 N–H and O–H groups in total. The van der Waals surface area contributed by atoms with Gasteiger partial charge in [-0.3, -0.25) is 9.69 Å². The van der Waals surface area contributed by atoms with Crippen molar-refractivity contribution < 1.29 is 9.21 Å². The van der Waals surface area contributed by atoms with Crippen LogP contribution in [0.15, 0.2) is 34.9 Å². The maximum atomic E-state index is 12.6. The predicted molar refractivity (Wildman–Crippen MR) is 96.8 cm³/mol. The molecule has 1 saturated carbocycles. The summed E-state index contributed by atoms with van der Waals surface area (Å²) in [5.41, 5.74) is -0.757. The summed E-state index contributed by atoms with van der Waals surface area (Å²) in [5.74, 6) is 0.988. The number of rotatable bonds is 8. The fraction of sp³-hybridized carbons (Fsp3) is 0.474. The first kappa shape index (κ1) is 17.7. The SMILES string of the molecule is Cc1ccc(CN(CC(=O)NC(C)(C#N)C2CC2)Cc2ccco2)s1. The van der Waals surface area contributed by atoms with Crippen molar-refractivity contribution in [1.82, 2.24) is 10.2 Å². The van der Waals surface area contributed by atoms with Gasteiger partial charge in [-0.25, -0.2) is 0 Å². The van der Waals surface area contributed by atoms with E-state index in [-0.39, 0.29) is 18.4 Å². The lowest BCUT2D eigenvalue weighted by molar-refractivity contribution is -0.124. The van der Waals surface area contributed by atoms with Crippen molar-refractivity contribution in [3.8, 4) is 6.07 Å². The van der Waals surface area contributed by atoms with Crippen LogP contribution < -0.4 is 5.32 Å². The van der Waals surface area contributed by atoms with Crippen LogP contribution in [0.4, 0.5) is 0 Å². The third kappa shape index (κ3) is 4.71. The molecule has 1 amide bonds. The smallest absolute Gasteiger partial charge is 0.235 e. The Kier molecular flexibility index (Phi) is 5.26. The minimum atomic E-state index is -0.757. The third-order valence-electron chi connectivity index (χ3n) is 4.53. The average molecular weight is 357 g/mol. The van der Waals surface area contributed by atoms with Crippen molar-refractivity contribution in [3.05, 3.63) is 46.0 Å². The molecule has 2 heterocycles. The number of carbonyl (C=O) groups is 1. The third-order valence-corrected chi connectivity index (χ3v) is 5.51. The van der Waals surface area contributed by atoms with Crippen LogP contribution in [0.5, 0.6) is 0 Å². The molecule has 1 fully saturated rings. The highest BCUT2D eigenvalue weighted by molar-refractivity contribution is 7.11. The zero-order valence-electron chi connectivity index (χ0n) is 14.6. The molecule has 25 heavy (non-hydrogen) atoms. The molecular formula is C19H23N3O2S. The fourth-order valence-corrected chi connectivity index (χ4v) is 3.93. The lowest BCUT2D eigenvalue weighted by atomic mass is 9.98. The Bertz CT molecular complexity index is 758. The van der Waals surface area contributed by atoms with Crippen LogP contribution in [0.25, 0.3) is 0 Å². The summed E-state index contributed by atoms with van der Waals surface area (Å²) in [7, 11) is 0. The number of nitrogens with one attached hydrogen (secondary N) is 1. The van der Waals surface area contributed by atoms with E-state index in [0.29, 0.717) is 13.1 Å². The van der Waals surface area contributed by atoms with Gasteiger partial charge in [-0.05, 0) is 56.9 Å². The Balaban J connectivity index is 1.65. The summed E-state index contributed by atoms with van der Waals surface area (Å²) >= 11 is 1.73. The molecule has 2 aromatic heterocycles. The highest BCUT2D eigenvalue weighted by Crippen LogP contribution is 2.39. The van der Waals surface area contributed by atoms with Crippen molar-refractivity contribution in [2.75, 3.05) is 6.54 Å². The van der Waals surface area contributed by atoms with E-state index in [9.17, 15) is 10.1 Å². The molecule has 6 heteroatoms. The maximum absolute atomic E-state index is 12.6. The van der Waals surface area contributed by atoms with E-state index in [2.05, 4.69) is 30.4 Å². The lowest BCUT2D eigenvalue weighted by Crippen LogP contribution is -2.50. The number of aryl methyl sites for hydroxylation is 1. The van der Waals surface area contributed by atoms with Crippen molar-refractivity contribution in [3.63, 3.8) is 0 Å². The van der Waals surface area contributed by atoms with E-state index in [0.717, 1.165) is 18.6 Å². The topological polar surface area (TPSA) is 69.3 Å². The van der Waals surface area contributed by atoms with Gasteiger partial charge >= 0.3 is 0 Å². The highest BCUT2D eigenvalue weighted by Gasteiger charge is 2.43. The normalized spacial score (nSPS) is 16.4. The van der Waals surface area contributed by atoms with Gasteiger partial charge < -0.3 is 9.73 Å². The van der Waals surface area contributed by atoms with Gasteiger partial charge in [0.15, 0.2) is 0 Å². The number of amides is 1. The number of hydrogen-bond donors (Lipinski definition) is 1. The Hall–Kier alpha value is -2.10. The molecule has 1 unspecified atom stereocenters. The molecule has 1 aliphatic rings. The molecule has 0 radical (unpaired) electrons. The van der Waals surface area contributed by atoms with E-state index < -0.39 is 5.54 Å². The minimum absolute atomic E-state index is 0.115. The van der Waals surface area contributed by atoms with Gasteiger partial charge in [0.1, 0.15) is 11.3 Å². The molecule has 132 valence electrons. The van der Waals surface area contributed by atoms with Crippen molar-refractivity contribution >= 4 is 17.2 Å². The summed E-state index contributed by atoms with van der Waals surface area (Å²) in [4.78, 5) is 17.1. The van der Waals surface area contributed by atoms with Gasteiger partial charge in [0, 0.05) is 16.3 Å². The lowest BCUT2D eigenvalue weighted by Gasteiger charge is -2.26. The predicted octanol–water partition coefficient (Wildman–Crippen LogP) is 3.46. The number of furan rings is 1. The molecule has 2 aromatic rings. The first-order valence-corrected chi connectivity index (χ1v) is 9.32. The van der Waals surface area contributed by atoms with Crippen molar-refractivity contribution in [2.45, 2.75) is 45.3 Å². The second-order valence-corrected chi connectivity index (χ2v) is 8.25. The van der Waals surface area contributed by atoms with Crippen LogP contribution in [0.3, 0.4) is 0 Å². The summed E-state index contributed by atoms with van der Waals surface area (Å²) in [5, 5.41) is 12.4.